The van der Waals surface area contributed by atoms with E-state index < -0.39 is 0 Å². The van der Waals surface area contributed by atoms with Crippen LogP contribution in [0.4, 0.5) is 0 Å². The van der Waals surface area contributed by atoms with Gasteiger partial charge in [0.15, 0.2) is 0 Å². The first-order valence-corrected chi connectivity index (χ1v) is 36.1. The number of aromatic nitrogens is 3. The second-order valence-corrected chi connectivity index (χ2v) is 29.8. The quantitative estimate of drug-likeness (QED) is 0.101. The molecule has 6 aliphatic rings. The van der Waals surface area contributed by atoms with Crippen LogP contribution in [0.3, 0.4) is 0 Å². The van der Waals surface area contributed by atoms with Gasteiger partial charge in [-0.25, -0.2) is 0 Å². The molecule has 3 saturated carbocycles. The molecule has 9 aromatic rings. The summed E-state index contributed by atoms with van der Waals surface area (Å²) in [5.74, 6) is 2.08. The number of rotatable bonds is 15. The molecule has 0 radical (unpaired) electrons. The van der Waals surface area contributed by atoms with E-state index >= 15 is 0 Å². The largest absolute Gasteiger partial charge is 0.326 e. The summed E-state index contributed by atoms with van der Waals surface area (Å²) in [5, 5.41) is 4.24. The minimum Gasteiger partial charge on any atom is -0.326 e. The van der Waals surface area contributed by atoms with Crippen LogP contribution in [0.25, 0.3) is 0 Å². The van der Waals surface area contributed by atoms with Crippen molar-refractivity contribution in [2.75, 3.05) is 0 Å². The van der Waals surface area contributed by atoms with E-state index in [9.17, 15) is 14.4 Å². The van der Waals surface area contributed by atoms with Crippen LogP contribution < -0.4 is 0 Å². The smallest absolute Gasteiger partial charge is 0.226 e. The molecule has 3 amide bonds. The second-order valence-electron chi connectivity index (χ2n) is 27.2. The Morgan fingerprint density at radius 2 is 0.577 bits per heavy atom. The topological polar surface area (TPSA) is 99.6 Å². The number of pyridine rings is 3. The van der Waals surface area contributed by atoms with Gasteiger partial charge in [-0.15, -0.1) is 0 Å². The van der Waals surface area contributed by atoms with Crippen LogP contribution in [0.1, 0.15) is 190 Å². The standard InChI is InChI=1S/3C27H26Cl2N2O.CH4/c3*1-17-15-23(20-5-4-6-22(29)16-20)25(18-10-12-21(28)13-11-18)31(27(17)32)26(19-8-9-19)24-7-2-3-14-30-24;/h3*2-7,10-14,16-17,19,23,25-26H,8-9,15H2,1H3;1H4/t2*17?,23-,25-,26+;17?,23-,25-,26-;/m111./s1. The third-order valence-corrected chi connectivity index (χ3v) is 21.9. The minimum absolute atomic E-state index is 0. The Hall–Kier alpha value is -7.08. The molecule has 0 spiro atoms. The van der Waals surface area contributed by atoms with Crippen LogP contribution in [-0.4, -0.2) is 47.4 Å². The number of hydrogen-bond acceptors (Lipinski definition) is 6. The van der Waals surface area contributed by atoms with Crippen LogP contribution in [0, 0.1) is 35.5 Å². The van der Waals surface area contributed by atoms with Crippen LogP contribution in [0.2, 0.25) is 30.1 Å². The van der Waals surface area contributed by atoms with Crippen molar-refractivity contribution in [3.63, 3.8) is 0 Å². The van der Waals surface area contributed by atoms with Gasteiger partial charge in [0.1, 0.15) is 0 Å². The van der Waals surface area contributed by atoms with Crippen LogP contribution in [0.5, 0.6) is 0 Å². The fraction of sp³-hybridized carbons (Fsp3) is 0.341. The summed E-state index contributed by atoms with van der Waals surface area (Å²) in [6, 6.07) is 65.7. The summed E-state index contributed by atoms with van der Waals surface area (Å²) in [4.78, 5) is 61.9. The molecule has 12 atom stereocenters. The summed E-state index contributed by atoms with van der Waals surface area (Å²) in [5.41, 5.74) is 9.71. The van der Waals surface area contributed by atoms with Gasteiger partial charge in [-0.2, -0.15) is 0 Å². The van der Waals surface area contributed by atoms with Gasteiger partial charge in [0.05, 0.1) is 53.3 Å². The first-order valence-electron chi connectivity index (χ1n) is 33.8. The van der Waals surface area contributed by atoms with Crippen molar-refractivity contribution in [3.05, 3.63) is 299 Å². The van der Waals surface area contributed by atoms with E-state index in [1.807, 2.05) is 167 Å². The van der Waals surface area contributed by atoms with E-state index in [1.54, 1.807) is 0 Å². The lowest BCUT2D eigenvalue weighted by molar-refractivity contribution is -0.147. The van der Waals surface area contributed by atoms with E-state index in [-0.39, 0.29) is 96.9 Å². The number of halogens is 6. The number of hydrogen-bond donors (Lipinski definition) is 0. The van der Waals surface area contributed by atoms with E-state index in [0.29, 0.717) is 32.8 Å². The molecule has 0 N–H and O–H groups in total. The lowest BCUT2D eigenvalue weighted by Gasteiger charge is -2.48. The molecule has 9 nitrogen and oxygen atoms in total. The fourth-order valence-corrected chi connectivity index (χ4v) is 16.5. The molecule has 3 unspecified atom stereocenters. The SMILES string of the molecule is C.CC1C[C@H](c2cccc(Cl)c2)[C@@H](c2ccc(Cl)cc2)N([C@@H](c2ccccn2)C2CC2)C1=O.CC1C[C@H](c2cccc(Cl)c2)[C@@H](c2ccc(Cl)cc2)N([C@H](c2ccccn2)C2CC2)C1=O.CC1C[C@H](c2cccc(Cl)c2)[C@@H](c2ccc(Cl)cc2)N([C@H](c2ccccn2)C2CC2)C1=O. The zero-order valence-electron chi connectivity index (χ0n) is 54.0. The molecule has 500 valence electrons. The third kappa shape index (κ3) is 15.8. The molecule has 6 aromatic carbocycles. The van der Waals surface area contributed by atoms with Crippen molar-refractivity contribution < 1.29 is 14.4 Å². The highest BCUT2D eigenvalue weighted by molar-refractivity contribution is 6.32. The predicted molar refractivity (Wildman–Crippen MR) is 393 cm³/mol. The van der Waals surface area contributed by atoms with Crippen molar-refractivity contribution in [2.24, 2.45) is 35.5 Å². The predicted octanol–water partition coefficient (Wildman–Crippen LogP) is 22.3. The van der Waals surface area contributed by atoms with Crippen molar-refractivity contribution in [2.45, 2.75) is 140 Å². The highest BCUT2D eigenvalue weighted by atomic mass is 35.5. The number of carbonyl (C=O) groups is 3. The van der Waals surface area contributed by atoms with Crippen molar-refractivity contribution in [3.8, 4) is 0 Å². The highest BCUT2D eigenvalue weighted by Gasteiger charge is 2.52. The molecule has 0 bridgehead atoms. The summed E-state index contributed by atoms with van der Waals surface area (Å²) >= 11 is 37.8. The highest BCUT2D eigenvalue weighted by Crippen LogP contribution is 2.58. The van der Waals surface area contributed by atoms with Gasteiger partial charge < -0.3 is 14.7 Å². The van der Waals surface area contributed by atoms with Gasteiger partial charge in [0.25, 0.3) is 0 Å². The van der Waals surface area contributed by atoms with Gasteiger partial charge in [-0.05, 0) is 218 Å². The summed E-state index contributed by atoms with van der Waals surface area (Å²) in [6.45, 7) is 6.15. The van der Waals surface area contributed by atoms with Gasteiger partial charge in [-0.3, -0.25) is 29.3 Å². The van der Waals surface area contributed by atoms with Crippen molar-refractivity contribution in [1.82, 2.24) is 29.7 Å². The molecular formula is C82H82Cl6N6O3. The Morgan fingerprint density at radius 3 is 0.794 bits per heavy atom. The second kappa shape index (κ2) is 31.0. The van der Waals surface area contributed by atoms with Crippen molar-refractivity contribution >= 4 is 87.3 Å². The molecule has 97 heavy (non-hydrogen) atoms. The molecule has 15 heteroatoms. The van der Waals surface area contributed by atoms with Gasteiger partial charge in [0.2, 0.25) is 17.7 Å². The molecule has 6 fully saturated rings. The number of piperidine rings is 3. The number of benzene rings is 6. The van der Waals surface area contributed by atoms with Crippen LogP contribution in [-0.2, 0) is 14.4 Å². The lowest BCUT2D eigenvalue weighted by atomic mass is 9.75. The zero-order valence-corrected chi connectivity index (χ0v) is 58.5. The van der Waals surface area contributed by atoms with Gasteiger partial charge in [0, 0.05) is 84.2 Å². The number of carbonyl (C=O) groups excluding carboxylic acids is 3. The Morgan fingerprint density at radius 1 is 0.320 bits per heavy atom. The van der Waals surface area contributed by atoms with E-state index in [0.717, 1.165) is 123 Å². The zero-order chi connectivity index (χ0) is 66.7. The Balaban J connectivity index is 0.000000138. The first kappa shape index (κ1) is 69.8. The summed E-state index contributed by atoms with van der Waals surface area (Å²) in [7, 11) is 0. The molecular weight excluding hydrogens is 1330 g/mol. The fourth-order valence-electron chi connectivity index (χ4n) is 15.6. The molecule has 3 aliphatic heterocycles. The summed E-state index contributed by atoms with van der Waals surface area (Å²) in [6.07, 6.45) is 14.5. The van der Waals surface area contributed by atoms with Crippen LogP contribution in [0.15, 0.2) is 219 Å². The van der Waals surface area contributed by atoms with Gasteiger partial charge in [-0.1, -0.05) is 189 Å². The maximum atomic E-state index is 13.8. The Labute approximate surface area is 601 Å². The van der Waals surface area contributed by atoms with Crippen LogP contribution >= 0.6 is 69.6 Å². The Bertz CT molecular complexity index is 3720. The monoisotopic (exact) mass is 1410 g/mol. The average molecular weight is 1410 g/mol. The lowest BCUT2D eigenvalue weighted by Crippen LogP contribution is -2.48. The van der Waals surface area contributed by atoms with Crippen molar-refractivity contribution in [1.29, 1.82) is 0 Å². The number of likely N-dealkylation sites (tertiary alicyclic amines) is 3. The van der Waals surface area contributed by atoms with Gasteiger partial charge >= 0.3 is 0 Å². The average Bonchev–Trinajstić information content (AvgIpc) is 1.75. The molecule has 3 saturated heterocycles. The summed E-state index contributed by atoms with van der Waals surface area (Å²) < 4.78 is 0. The van der Waals surface area contributed by atoms with E-state index in [2.05, 4.69) is 87.5 Å². The third-order valence-electron chi connectivity index (χ3n) is 20.4. The number of nitrogens with zero attached hydrogens (tertiary/aromatic N) is 6. The minimum atomic E-state index is -0.109. The molecule has 6 heterocycles. The maximum Gasteiger partial charge on any atom is 0.226 e. The maximum absolute atomic E-state index is 13.8. The molecule has 15 rings (SSSR count). The Kier molecular flexibility index (Phi) is 22.3. The normalized spacial score (nSPS) is 24.2. The first-order chi connectivity index (χ1) is 46.6. The van der Waals surface area contributed by atoms with E-state index in [4.69, 9.17) is 84.6 Å². The molecule has 3 aliphatic carbocycles. The van der Waals surface area contributed by atoms with E-state index in [1.165, 1.54) is 0 Å². The molecule has 3 aromatic heterocycles. The number of amides is 3.